The minimum absolute atomic E-state index is 0.0442. The van der Waals surface area contributed by atoms with Gasteiger partial charge in [0.1, 0.15) is 0 Å². The first kappa shape index (κ1) is 17.1. The normalized spacial score (nSPS) is 30.6. The molecule has 2 aliphatic rings. The van der Waals surface area contributed by atoms with Crippen LogP contribution >= 0.6 is 0 Å². The number of allylic oxidation sites excluding steroid dienone is 2. The van der Waals surface area contributed by atoms with Crippen molar-refractivity contribution < 1.29 is 49.3 Å². The Morgan fingerprint density at radius 2 is 1.50 bits per heavy atom. The van der Waals surface area contributed by atoms with E-state index in [9.17, 15) is 24.6 Å². The molecule has 2 unspecified atom stereocenters. The van der Waals surface area contributed by atoms with Gasteiger partial charge in [-0.2, -0.15) is 0 Å². The van der Waals surface area contributed by atoms with E-state index in [1.54, 1.807) is 36.4 Å². The molecule has 0 heterocycles. The number of carbonyl (C=O) groups excluding carboxylic acids is 1. The molecule has 4 atom stereocenters. The number of fused-ring (bicyclic) bond motifs is 2. The maximum atomic E-state index is 12.1. The Morgan fingerprint density at radius 1 is 0.958 bits per heavy atom. The zero-order valence-electron chi connectivity index (χ0n) is 12.5. The molecule has 24 heavy (non-hydrogen) atoms. The van der Waals surface area contributed by atoms with Crippen molar-refractivity contribution in [2.75, 3.05) is 6.61 Å². The fourth-order valence-corrected chi connectivity index (χ4v) is 5.17. The van der Waals surface area contributed by atoms with Crippen LogP contribution in [-0.4, -0.2) is 32.5 Å². The van der Waals surface area contributed by atoms with Gasteiger partial charge in [-0.1, -0.05) is 0 Å². The van der Waals surface area contributed by atoms with Gasteiger partial charge in [0.05, 0.1) is 0 Å². The summed E-state index contributed by atoms with van der Waals surface area (Å²) >= 11 is -1.17. The van der Waals surface area contributed by atoms with E-state index in [2.05, 4.69) is 0 Å². The van der Waals surface area contributed by atoms with E-state index in [1.165, 1.54) is 0 Å². The second kappa shape index (κ2) is 7.02. The molecule has 0 spiro atoms. The molecule has 7 heteroatoms. The Kier molecular flexibility index (Phi) is 5.00. The van der Waals surface area contributed by atoms with Gasteiger partial charge in [0, 0.05) is 0 Å². The first-order valence-corrected chi connectivity index (χ1v) is 9.46. The second-order valence-electron chi connectivity index (χ2n) is 5.92. The third-order valence-electron chi connectivity index (χ3n) is 4.71. The van der Waals surface area contributed by atoms with Crippen LogP contribution in [0, 0.1) is 29.6 Å². The molecule has 1 aromatic carbocycles. The van der Waals surface area contributed by atoms with Crippen LogP contribution in [0.15, 0.2) is 42.5 Å². The molecule has 1 fully saturated rings. The van der Waals surface area contributed by atoms with E-state index in [0.717, 1.165) is 0 Å². The Bertz CT molecular complexity index is 656. The average molecular weight is 443 g/mol. The van der Waals surface area contributed by atoms with Crippen molar-refractivity contribution in [2.45, 2.75) is 0 Å². The van der Waals surface area contributed by atoms with E-state index in [0.29, 0.717) is 5.56 Å². The number of carboxylic acid groups (broad SMARTS) is 2. The Balaban J connectivity index is 1.62. The van der Waals surface area contributed by atoms with Crippen molar-refractivity contribution in [2.24, 2.45) is 29.6 Å². The van der Waals surface area contributed by atoms with Crippen LogP contribution in [0.3, 0.4) is 0 Å². The van der Waals surface area contributed by atoms with Crippen LogP contribution in [0.2, 0.25) is 0 Å². The fourth-order valence-electron chi connectivity index (χ4n) is 3.68. The number of benzene rings is 1. The van der Waals surface area contributed by atoms with Crippen molar-refractivity contribution in [3.8, 4) is 0 Å². The number of aliphatic carboxylic acids is 2. The number of carbonyl (C=O) groups is 3. The van der Waals surface area contributed by atoms with Crippen LogP contribution in [0.5, 0.6) is 0 Å². The van der Waals surface area contributed by atoms with Gasteiger partial charge in [-0.3, -0.25) is 0 Å². The molecule has 0 aromatic heterocycles. The molecular weight excluding hydrogens is 427 g/mol. The van der Waals surface area contributed by atoms with Gasteiger partial charge in [0.25, 0.3) is 0 Å². The summed E-state index contributed by atoms with van der Waals surface area (Å²) in [5, 5.41) is 18.7. The predicted octanol–water partition coefficient (Wildman–Crippen LogP) is -1.32. The fraction of sp³-hybridized carbons (Fsp3) is 0.353. The monoisotopic (exact) mass is 443 g/mol. The van der Waals surface area contributed by atoms with Crippen molar-refractivity contribution in [1.82, 2.24) is 0 Å². The number of hydrogen-bond donors (Lipinski definition) is 2. The molecule has 2 aliphatic carbocycles. The third kappa shape index (κ3) is 3.10. The third-order valence-corrected chi connectivity index (χ3v) is 6.41. The summed E-state index contributed by atoms with van der Waals surface area (Å²) in [6, 6.07) is 8.86. The molecule has 0 radical (unpaired) electrons. The predicted molar refractivity (Wildman–Crippen MR) is 78.6 cm³/mol. The first-order valence-electron chi connectivity index (χ1n) is 7.50. The number of hydrogen-bond acceptors (Lipinski definition) is 4. The van der Waals surface area contributed by atoms with E-state index < -0.39 is 45.4 Å². The Labute approximate surface area is 149 Å². The molecule has 2 bridgehead atoms. The number of halogens is 1. The van der Waals surface area contributed by atoms with Crippen LogP contribution in [-0.2, 0) is 12.7 Å². The first-order chi connectivity index (χ1) is 11.5. The average Bonchev–Trinajstić information content (AvgIpc) is 3.10. The van der Waals surface area contributed by atoms with Crippen molar-refractivity contribution in [1.29, 1.82) is 0 Å². The maximum absolute atomic E-state index is 12.1. The molecule has 3 rings (SSSR count). The minimum atomic E-state index is -1.17. The summed E-state index contributed by atoms with van der Waals surface area (Å²) in [7, 11) is 0. The molecule has 0 aliphatic heterocycles. The van der Waals surface area contributed by atoms with Crippen LogP contribution < -0.4 is 21.6 Å². The van der Waals surface area contributed by atoms with Gasteiger partial charge >= 0.3 is 149 Å². The summed E-state index contributed by atoms with van der Waals surface area (Å²) in [4.78, 5) is 34.9. The molecule has 128 valence electrons. The van der Waals surface area contributed by atoms with Crippen molar-refractivity contribution in [3.05, 3.63) is 48.0 Å². The van der Waals surface area contributed by atoms with Crippen LogP contribution in [0.25, 0.3) is 0 Å². The van der Waals surface area contributed by atoms with Gasteiger partial charge in [-0.15, -0.1) is 0 Å². The van der Waals surface area contributed by atoms with Gasteiger partial charge in [-0.05, 0) is 0 Å². The SMILES string of the molecule is O=C([I-]OCC1C2C=CC1[C@@H](C(=O)O)[C@@H]2C(=O)O)c1ccccc1. The van der Waals surface area contributed by atoms with Crippen LogP contribution in [0.1, 0.15) is 10.4 Å². The number of carboxylic acids is 2. The summed E-state index contributed by atoms with van der Waals surface area (Å²) in [5.74, 6) is -4.88. The Hall–Kier alpha value is -1.74. The number of rotatable bonds is 7. The van der Waals surface area contributed by atoms with Gasteiger partial charge < -0.3 is 0 Å². The molecule has 2 N–H and O–H groups in total. The molecule has 0 saturated heterocycles. The topological polar surface area (TPSA) is 101 Å². The quantitative estimate of drug-likeness (QED) is 0.308. The van der Waals surface area contributed by atoms with E-state index in [4.69, 9.17) is 3.07 Å². The second-order valence-corrected chi connectivity index (χ2v) is 7.97. The molecule has 1 saturated carbocycles. The van der Waals surface area contributed by atoms with Crippen molar-refractivity contribution >= 4 is 15.7 Å². The van der Waals surface area contributed by atoms with E-state index in [1.807, 2.05) is 6.07 Å². The van der Waals surface area contributed by atoms with E-state index in [-0.39, 0.29) is 28.2 Å². The summed E-state index contributed by atoms with van der Waals surface area (Å²) in [6.07, 6.45) is 3.57. The van der Waals surface area contributed by atoms with Gasteiger partial charge in [0.2, 0.25) is 0 Å². The van der Waals surface area contributed by atoms with Gasteiger partial charge in [-0.25, -0.2) is 0 Å². The zero-order valence-corrected chi connectivity index (χ0v) is 14.7. The van der Waals surface area contributed by atoms with Crippen LogP contribution in [0.4, 0.5) is 0 Å². The molecule has 1 aromatic rings. The Morgan fingerprint density at radius 3 is 2.00 bits per heavy atom. The van der Waals surface area contributed by atoms with Crippen molar-refractivity contribution in [3.63, 3.8) is 0 Å². The van der Waals surface area contributed by atoms with Gasteiger partial charge in [0.15, 0.2) is 0 Å². The molecule has 0 amide bonds. The standard InChI is InChI=1S/C17H16IO6/c19-15(9-4-2-1-3-5-9)18-24-8-12-10-6-7-11(12)14(17(22)23)13(10)16(20)21/h1-7,10-14H,8H2,(H,20,21)(H,22,23)/q-1/t10?,11?,12?,13-,14-/m1/s1. The molecular formula is C17H16IO6-. The summed E-state index contributed by atoms with van der Waals surface area (Å²) < 4.78 is 5.56. The summed E-state index contributed by atoms with van der Waals surface area (Å²) in [6.45, 7) is 0.224. The zero-order chi connectivity index (χ0) is 17.3. The van der Waals surface area contributed by atoms with E-state index >= 15 is 0 Å². The molecule has 6 nitrogen and oxygen atoms in total. The summed E-state index contributed by atoms with van der Waals surface area (Å²) in [5.41, 5.74) is 0.602.